The van der Waals surface area contributed by atoms with E-state index in [9.17, 15) is 9.59 Å². The van der Waals surface area contributed by atoms with Crippen LogP contribution in [0.4, 0.5) is 0 Å². The van der Waals surface area contributed by atoms with Gasteiger partial charge in [-0.2, -0.15) is 0 Å². The molecule has 1 atom stereocenters. The molecule has 0 saturated heterocycles. The smallest absolute Gasteiger partial charge is 0.316 e. The zero-order valence-electron chi connectivity index (χ0n) is 10.5. The van der Waals surface area contributed by atoms with Crippen molar-refractivity contribution in [3.63, 3.8) is 0 Å². The first-order chi connectivity index (χ1) is 8.10. The zero-order chi connectivity index (χ0) is 12.8. The molecule has 0 radical (unpaired) electrons. The summed E-state index contributed by atoms with van der Waals surface area (Å²) in [6.45, 7) is 3.67. The molecule has 0 aliphatic carbocycles. The molecule has 17 heavy (non-hydrogen) atoms. The summed E-state index contributed by atoms with van der Waals surface area (Å²) in [7, 11) is 1.29. The molecule has 3 heteroatoms. The summed E-state index contributed by atoms with van der Waals surface area (Å²) < 4.78 is 4.56. The van der Waals surface area contributed by atoms with Crippen molar-refractivity contribution in [3.05, 3.63) is 35.4 Å². The summed E-state index contributed by atoms with van der Waals surface area (Å²) in [6.07, 6.45) is 2.08. The van der Waals surface area contributed by atoms with Gasteiger partial charge in [-0.05, 0) is 18.9 Å². The minimum absolute atomic E-state index is 0.195. The van der Waals surface area contributed by atoms with E-state index in [0.29, 0.717) is 5.56 Å². The first kappa shape index (κ1) is 13.4. The zero-order valence-corrected chi connectivity index (χ0v) is 10.5. The second-order valence-electron chi connectivity index (χ2n) is 4.06. The van der Waals surface area contributed by atoms with Crippen LogP contribution in [-0.2, 0) is 16.0 Å². The van der Waals surface area contributed by atoms with Crippen molar-refractivity contribution in [1.82, 2.24) is 0 Å². The third-order valence-corrected chi connectivity index (χ3v) is 2.73. The number of esters is 1. The Labute approximate surface area is 102 Å². The molecular weight excluding hydrogens is 216 g/mol. The highest BCUT2D eigenvalue weighted by molar-refractivity contribution is 6.08. The Morgan fingerprint density at radius 3 is 2.29 bits per heavy atom. The molecule has 0 aliphatic heterocycles. The minimum Gasteiger partial charge on any atom is -0.468 e. The fourth-order valence-corrected chi connectivity index (χ4v) is 1.66. The molecule has 1 rings (SSSR count). The van der Waals surface area contributed by atoms with Gasteiger partial charge in [0.1, 0.15) is 5.92 Å². The van der Waals surface area contributed by atoms with Crippen molar-refractivity contribution in [3.8, 4) is 0 Å². The molecule has 0 N–H and O–H groups in total. The van der Waals surface area contributed by atoms with Gasteiger partial charge >= 0.3 is 5.97 Å². The highest BCUT2D eigenvalue weighted by Gasteiger charge is 2.23. The summed E-state index contributed by atoms with van der Waals surface area (Å²) >= 11 is 0. The molecule has 0 heterocycles. The molecule has 1 aromatic rings. The van der Waals surface area contributed by atoms with Gasteiger partial charge in [-0.25, -0.2) is 0 Å². The Morgan fingerprint density at radius 2 is 1.82 bits per heavy atom. The maximum atomic E-state index is 11.9. The predicted molar refractivity (Wildman–Crippen MR) is 65.9 cm³/mol. The van der Waals surface area contributed by atoms with E-state index in [1.165, 1.54) is 12.7 Å². The van der Waals surface area contributed by atoms with E-state index in [0.717, 1.165) is 12.8 Å². The highest BCUT2D eigenvalue weighted by atomic mass is 16.5. The number of hydrogen-bond donors (Lipinski definition) is 0. The van der Waals surface area contributed by atoms with Crippen LogP contribution in [-0.4, -0.2) is 18.9 Å². The third kappa shape index (κ3) is 3.41. The van der Waals surface area contributed by atoms with Gasteiger partial charge in [-0.3, -0.25) is 9.59 Å². The monoisotopic (exact) mass is 234 g/mol. The Balaban J connectivity index is 2.79. The van der Waals surface area contributed by atoms with Crippen LogP contribution in [0.15, 0.2) is 24.3 Å². The van der Waals surface area contributed by atoms with E-state index < -0.39 is 11.9 Å². The van der Waals surface area contributed by atoms with Gasteiger partial charge < -0.3 is 4.74 Å². The van der Waals surface area contributed by atoms with E-state index in [-0.39, 0.29) is 5.78 Å². The van der Waals surface area contributed by atoms with Crippen molar-refractivity contribution in [2.75, 3.05) is 7.11 Å². The summed E-state index contributed by atoms with van der Waals surface area (Å²) in [6, 6.07) is 7.40. The van der Waals surface area contributed by atoms with Crippen LogP contribution in [0.5, 0.6) is 0 Å². The van der Waals surface area contributed by atoms with E-state index >= 15 is 0 Å². The SMILES string of the molecule is CCCc1ccc(C(=O)C(C)C(=O)OC)cc1. The highest BCUT2D eigenvalue weighted by Crippen LogP contribution is 2.12. The molecule has 0 bridgehead atoms. The van der Waals surface area contributed by atoms with Crippen molar-refractivity contribution in [1.29, 1.82) is 0 Å². The van der Waals surface area contributed by atoms with Gasteiger partial charge in [0.05, 0.1) is 7.11 Å². The number of benzene rings is 1. The number of aryl methyl sites for hydroxylation is 1. The lowest BCUT2D eigenvalue weighted by Crippen LogP contribution is -2.22. The number of ether oxygens (including phenoxy) is 1. The molecule has 0 fully saturated rings. The maximum Gasteiger partial charge on any atom is 0.316 e. The van der Waals surface area contributed by atoms with Gasteiger partial charge in [-0.15, -0.1) is 0 Å². The molecule has 92 valence electrons. The topological polar surface area (TPSA) is 43.4 Å². The molecule has 0 saturated carbocycles. The Hall–Kier alpha value is -1.64. The lowest BCUT2D eigenvalue weighted by molar-refractivity contribution is -0.143. The predicted octanol–water partition coefficient (Wildman–Crippen LogP) is 2.63. The number of ketones is 1. The number of methoxy groups -OCH3 is 1. The lowest BCUT2D eigenvalue weighted by atomic mass is 9.98. The largest absolute Gasteiger partial charge is 0.468 e. The summed E-state index contributed by atoms with van der Waals surface area (Å²) in [5, 5.41) is 0. The average molecular weight is 234 g/mol. The fraction of sp³-hybridized carbons (Fsp3) is 0.429. The van der Waals surface area contributed by atoms with Crippen LogP contribution >= 0.6 is 0 Å². The van der Waals surface area contributed by atoms with E-state index in [4.69, 9.17) is 0 Å². The Bertz CT molecular complexity index is 392. The van der Waals surface area contributed by atoms with Crippen LogP contribution < -0.4 is 0 Å². The fourth-order valence-electron chi connectivity index (χ4n) is 1.66. The molecule has 0 aromatic heterocycles. The van der Waals surface area contributed by atoms with Gasteiger partial charge in [0, 0.05) is 5.56 Å². The molecule has 0 spiro atoms. The van der Waals surface area contributed by atoms with Crippen LogP contribution in [0.25, 0.3) is 0 Å². The van der Waals surface area contributed by atoms with Crippen LogP contribution in [0.2, 0.25) is 0 Å². The normalized spacial score (nSPS) is 11.9. The van der Waals surface area contributed by atoms with E-state index in [2.05, 4.69) is 11.7 Å². The number of rotatable bonds is 5. The average Bonchev–Trinajstić information content (AvgIpc) is 2.37. The summed E-state index contributed by atoms with van der Waals surface area (Å²) in [5.74, 6) is -1.43. The lowest BCUT2D eigenvalue weighted by Gasteiger charge is -2.08. The molecule has 1 aromatic carbocycles. The van der Waals surface area contributed by atoms with E-state index in [1.54, 1.807) is 19.1 Å². The summed E-state index contributed by atoms with van der Waals surface area (Å²) in [5.41, 5.74) is 1.76. The van der Waals surface area contributed by atoms with Crippen molar-refractivity contribution < 1.29 is 14.3 Å². The molecule has 1 unspecified atom stereocenters. The number of carbonyl (C=O) groups is 2. The minimum atomic E-state index is -0.739. The third-order valence-electron chi connectivity index (χ3n) is 2.73. The Morgan fingerprint density at radius 1 is 1.24 bits per heavy atom. The van der Waals surface area contributed by atoms with Crippen LogP contribution in [0.1, 0.15) is 36.2 Å². The maximum absolute atomic E-state index is 11.9. The first-order valence-corrected chi connectivity index (χ1v) is 5.81. The molecule has 3 nitrogen and oxygen atoms in total. The summed E-state index contributed by atoms with van der Waals surface area (Å²) in [4.78, 5) is 23.2. The number of hydrogen-bond acceptors (Lipinski definition) is 3. The molecule has 0 aliphatic rings. The molecular formula is C14H18O3. The molecule has 0 amide bonds. The quantitative estimate of drug-likeness (QED) is 0.447. The second-order valence-corrected chi connectivity index (χ2v) is 4.06. The Kier molecular flexibility index (Phi) is 4.88. The first-order valence-electron chi connectivity index (χ1n) is 5.81. The standard InChI is InChI=1S/C14H18O3/c1-4-5-11-6-8-12(9-7-11)13(15)10(2)14(16)17-3/h6-10H,4-5H2,1-3H3. The van der Waals surface area contributed by atoms with Crippen molar-refractivity contribution >= 4 is 11.8 Å². The number of carbonyl (C=O) groups excluding carboxylic acids is 2. The van der Waals surface area contributed by atoms with Crippen molar-refractivity contribution in [2.45, 2.75) is 26.7 Å². The van der Waals surface area contributed by atoms with Crippen molar-refractivity contribution in [2.24, 2.45) is 5.92 Å². The van der Waals surface area contributed by atoms with Gasteiger partial charge in [-0.1, -0.05) is 37.6 Å². The van der Waals surface area contributed by atoms with Gasteiger partial charge in [0.25, 0.3) is 0 Å². The van der Waals surface area contributed by atoms with Crippen LogP contribution in [0.3, 0.4) is 0 Å². The second kappa shape index (κ2) is 6.18. The van der Waals surface area contributed by atoms with Gasteiger partial charge in [0.2, 0.25) is 0 Å². The van der Waals surface area contributed by atoms with Crippen LogP contribution in [0, 0.1) is 5.92 Å². The number of Topliss-reactive ketones (excluding diaryl/α,β-unsaturated/α-hetero) is 1. The van der Waals surface area contributed by atoms with E-state index in [1.807, 2.05) is 12.1 Å². The van der Waals surface area contributed by atoms with Gasteiger partial charge in [0.15, 0.2) is 5.78 Å².